The minimum atomic E-state index is -0.0171. The molecular formula is C21H27N3O. The molecule has 1 aliphatic rings. The number of hydrogen-bond donors (Lipinski definition) is 1. The van der Waals surface area contributed by atoms with Crippen LogP contribution in [0.15, 0.2) is 48.8 Å². The van der Waals surface area contributed by atoms with Gasteiger partial charge >= 0.3 is 0 Å². The lowest BCUT2D eigenvalue weighted by Crippen LogP contribution is -2.36. The van der Waals surface area contributed by atoms with E-state index in [1.54, 1.807) is 6.20 Å². The van der Waals surface area contributed by atoms with E-state index in [9.17, 15) is 4.79 Å². The van der Waals surface area contributed by atoms with Gasteiger partial charge in [-0.1, -0.05) is 37.3 Å². The number of amides is 1. The van der Waals surface area contributed by atoms with Crippen molar-refractivity contribution in [1.82, 2.24) is 15.2 Å². The summed E-state index contributed by atoms with van der Waals surface area (Å²) in [5, 5.41) is 3.19. The summed E-state index contributed by atoms with van der Waals surface area (Å²) in [6.45, 7) is 8.96. The van der Waals surface area contributed by atoms with Crippen molar-refractivity contribution in [2.75, 3.05) is 13.1 Å². The molecule has 1 aromatic carbocycles. The summed E-state index contributed by atoms with van der Waals surface area (Å²) in [5.74, 6) is 0.563. The summed E-state index contributed by atoms with van der Waals surface area (Å²) < 4.78 is 0. The predicted octanol–water partition coefficient (Wildman–Crippen LogP) is 3.34. The molecule has 1 aromatic heterocycles. The first-order valence-corrected chi connectivity index (χ1v) is 9.01. The fraction of sp³-hybridized carbons (Fsp3) is 0.429. The number of rotatable bonds is 5. The first-order chi connectivity index (χ1) is 12.0. The van der Waals surface area contributed by atoms with Gasteiger partial charge in [-0.05, 0) is 42.5 Å². The van der Waals surface area contributed by atoms with Crippen molar-refractivity contribution in [3.63, 3.8) is 0 Å². The van der Waals surface area contributed by atoms with Crippen molar-refractivity contribution < 1.29 is 4.79 Å². The second kappa shape index (κ2) is 7.79. The van der Waals surface area contributed by atoms with Crippen LogP contribution in [0, 0.1) is 18.8 Å². The monoisotopic (exact) mass is 337 g/mol. The highest BCUT2D eigenvalue weighted by Crippen LogP contribution is 2.26. The normalized spacial score (nSPS) is 21.9. The van der Waals surface area contributed by atoms with Gasteiger partial charge in [0.1, 0.15) is 0 Å². The fourth-order valence-corrected chi connectivity index (χ4v) is 3.71. The number of nitrogens with zero attached hydrogens (tertiary/aromatic N) is 2. The molecule has 3 rings (SSSR count). The number of carbonyl (C=O) groups is 1. The van der Waals surface area contributed by atoms with Crippen molar-refractivity contribution in [1.29, 1.82) is 0 Å². The Morgan fingerprint density at radius 1 is 1.28 bits per heavy atom. The van der Waals surface area contributed by atoms with Crippen molar-refractivity contribution in [3.05, 3.63) is 65.5 Å². The molecule has 2 aromatic rings. The third-order valence-electron chi connectivity index (χ3n) is 5.18. The molecule has 0 radical (unpaired) electrons. The zero-order valence-corrected chi connectivity index (χ0v) is 15.3. The van der Waals surface area contributed by atoms with E-state index in [4.69, 9.17) is 0 Å². The highest BCUT2D eigenvalue weighted by molar-refractivity contribution is 5.80. The van der Waals surface area contributed by atoms with Crippen molar-refractivity contribution in [2.45, 2.75) is 33.4 Å². The Kier molecular flexibility index (Phi) is 5.49. The average Bonchev–Trinajstić information content (AvgIpc) is 2.96. The van der Waals surface area contributed by atoms with Gasteiger partial charge in [0.15, 0.2) is 0 Å². The molecule has 0 aliphatic carbocycles. The summed E-state index contributed by atoms with van der Waals surface area (Å²) in [6, 6.07) is 12.4. The Labute approximate surface area is 150 Å². The van der Waals surface area contributed by atoms with Crippen LogP contribution in [0.4, 0.5) is 0 Å². The molecule has 0 spiro atoms. The second-order valence-corrected chi connectivity index (χ2v) is 7.23. The number of hydrogen-bond acceptors (Lipinski definition) is 3. The maximum Gasteiger partial charge on any atom is 0.225 e. The van der Waals surface area contributed by atoms with E-state index in [1.807, 2.05) is 25.3 Å². The molecule has 1 amide bonds. The standard InChI is InChI=1S/C21H27N3O/c1-15-9-10-22-11-19(15)17(3)23-21(25)20-14-24(12-16(20)2)13-18-7-5-4-6-8-18/h4-11,16-17,20H,12-14H2,1-3H3,(H,23,25). The molecule has 132 valence electrons. The third-order valence-corrected chi connectivity index (χ3v) is 5.18. The molecule has 1 N–H and O–H groups in total. The van der Waals surface area contributed by atoms with Crippen molar-refractivity contribution >= 4 is 5.91 Å². The summed E-state index contributed by atoms with van der Waals surface area (Å²) in [6.07, 6.45) is 3.63. The van der Waals surface area contributed by atoms with Crippen LogP contribution in [0.1, 0.15) is 36.6 Å². The SMILES string of the molecule is Cc1ccncc1C(C)NC(=O)C1CN(Cc2ccccc2)CC1C. The molecule has 0 bridgehead atoms. The zero-order chi connectivity index (χ0) is 17.8. The van der Waals surface area contributed by atoms with E-state index >= 15 is 0 Å². The van der Waals surface area contributed by atoms with Crippen molar-refractivity contribution in [2.24, 2.45) is 11.8 Å². The van der Waals surface area contributed by atoms with E-state index in [2.05, 4.69) is 53.3 Å². The molecule has 1 aliphatic heterocycles. The first-order valence-electron chi connectivity index (χ1n) is 9.01. The average molecular weight is 337 g/mol. The fourth-order valence-electron chi connectivity index (χ4n) is 3.71. The van der Waals surface area contributed by atoms with Crippen LogP contribution in [0.3, 0.4) is 0 Å². The Morgan fingerprint density at radius 2 is 2.04 bits per heavy atom. The minimum Gasteiger partial charge on any atom is -0.349 e. The van der Waals surface area contributed by atoms with Crippen LogP contribution in [-0.2, 0) is 11.3 Å². The molecule has 3 unspecified atom stereocenters. The lowest BCUT2D eigenvalue weighted by Gasteiger charge is -2.20. The Bertz CT molecular complexity index is 716. The Morgan fingerprint density at radius 3 is 2.76 bits per heavy atom. The van der Waals surface area contributed by atoms with Crippen LogP contribution in [0.5, 0.6) is 0 Å². The molecule has 25 heavy (non-hydrogen) atoms. The van der Waals surface area contributed by atoms with Gasteiger partial charge < -0.3 is 5.32 Å². The van der Waals surface area contributed by atoms with E-state index < -0.39 is 0 Å². The highest BCUT2D eigenvalue weighted by Gasteiger charge is 2.35. The first kappa shape index (κ1) is 17.6. The highest BCUT2D eigenvalue weighted by atomic mass is 16.2. The van der Waals surface area contributed by atoms with Gasteiger partial charge in [0, 0.05) is 32.0 Å². The molecule has 1 saturated heterocycles. The van der Waals surface area contributed by atoms with Gasteiger partial charge in [0.25, 0.3) is 0 Å². The van der Waals surface area contributed by atoms with Crippen LogP contribution >= 0.6 is 0 Å². The number of nitrogens with one attached hydrogen (secondary N) is 1. The van der Waals surface area contributed by atoms with E-state index in [0.29, 0.717) is 5.92 Å². The minimum absolute atomic E-state index is 0.0171. The van der Waals surface area contributed by atoms with Crippen molar-refractivity contribution in [3.8, 4) is 0 Å². The van der Waals surface area contributed by atoms with Gasteiger partial charge in [0.05, 0.1) is 12.0 Å². The van der Waals surface area contributed by atoms with Gasteiger partial charge in [-0.15, -0.1) is 0 Å². The van der Waals surface area contributed by atoms with Crippen LogP contribution < -0.4 is 5.32 Å². The molecule has 4 heteroatoms. The topological polar surface area (TPSA) is 45.2 Å². The zero-order valence-electron chi connectivity index (χ0n) is 15.3. The molecule has 1 fully saturated rings. The smallest absolute Gasteiger partial charge is 0.225 e. The van der Waals surface area contributed by atoms with Gasteiger partial charge in [-0.25, -0.2) is 0 Å². The summed E-state index contributed by atoms with van der Waals surface area (Å²) >= 11 is 0. The molecular weight excluding hydrogens is 310 g/mol. The second-order valence-electron chi connectivity index (χ2n) is 7.23. The Hall–Kier alpha value is -2.20. The van der Waals surface area contributed by atoms with Crippen LogP contribution in [0.25, 0.3) is 0 Å². The van der Waals surface area contributed by atoms with Crippen LogP contribution in [-0.4, -0.2) is 28.9 Å². The number of pyridine rings is 1. The maximum absolute atomic E-state index is 12.8. The number of aromatic nitrogens is 1. The summed E-state index contributed by atoms with van der Waals surface area (Å²) in [4.78, 5) is 19.4. The molecule has 0 saturated carbocycles. The van der Waals surface area contributed by atoms with E-state index in [-0.39, 0.29) is 17.9 Å². The van der Waals surface area contributed by atoms with E-state index in [0.717, 1.165) is 30.8 Å². The van der Waals surface area contributed by atoms with Gasteiger partial charge in [-0.3, -0.25) is 14.7 Å². The largest absolute Gasteiger partial charge is 0.349 e. The lowest BCUT2D eigenvalue weighted by molar-refractivity contribution is -0.126. The maximum atomic E-state index is 12.8. The van der Waals surface area contributed by atoms with Gasteiger partial charge in [-0.2, -0.15) is 0 Å². The van der Waals surface area contributed by atoms with Gasteiger partial charge in [0.2, 0.25) is 5.91 Å². The van der Waals surface area contributed by atoms with Crippen LogP contribution in [0.2, 0.25) is 0 Å². The third kappa shape index (κ3) is 4.26. The number of aryl methyl sites for hydroxylation is 1. The summed E-state index contributed by atoms with van der Waals surface area (Å²) in [5.41, 5.74) is 3.55. The Balaban J connectivity index is 1.60. The molecule has 4 nitrogen and oxygen atoms in total. The number of carbonyl (C=O) groups excluding carboxylic acids is 1. The van der Waals surface area contributed by atoms with E-state index in [1.165, 1.54) is 5.56 Å². The quantitative estimate of drug-likeness (QED) is 0.910. The summed E-state index contributed by atoms with van der Waals surface area (Å²) in [7, 11) is 0. The predicted molar refractivity (Wildman–Crippen MR) is 99.9 cm³/mol. The number of benzene rings is 1. The molecule has 2 heterocycles. The number of likely N-dealkylation sites (tertiary alicyclic amines) is 1. The lowest BCUT2D eigenvalue weighted by atomic mass is 9.96. The molecule has 3 atom stereocenters.